The number of nitrogens with zero attached hydrogens (tertiary/aromatic N) is 3. The van der Waals surface area contributed by atoms with E-state index in [1.807, 2.05) is 37.3 Å². The topological polar surface area (TPSA) is 75.6 Å². The van der Waals surface area contributed by atoms with Crippen molar-refractivity contribution in [3.05, 3.63) is 53.6 Å². The van der Waals surface area contributed by atoms with E-state index in [1.165, 1.54) is 0 Å². The lowest BCUT2D eigenvalue weighted by atomic mass is 9.92. The summed E-state index contributed by atoms with van der Waals surface area (Å²) in [6.07, 6.45) is 2.55. The van der Waals surface area contributed by atoms with Gasteiger partial charge in [-0.3, -0.25) is 4.79 Å². The number of ether oxygens (including phenoxy) is 1. The number of hydrogen-bond donors (Lipinski definition) is 1. The largest absolute Gasteiger partial charge is 0.491 e. The molecule has 6 nitrogen and oxygen atoms in total. The van der Waals surface area contributed by atoms with E-state index in [4.69, 9.17) is 4.74 Å². The second-order valence-electron chi connectivity index (χ2n) is 6.53. The van der Waals surface area contributed by atoms with Crippen LogP contribution in [-0.4, -0.2) is 51.2 Å². The summed E-state index contributed by atoms with van der Waals surface area (Å²) < 4.78 is 5.69. The highest BCUT2D eigenvalue weighted by Gasteiger charge is 2.35. The van der Waals surface area contributed by atoms with Gasteiger partial charge in [0.15, 0.2) is 0 Å². The van der Waals surface area contributed by atoms with Crippen molar-refractivity contribution in [2.24, 2.45) is 0 Å². The molecule has 1 aliphatic heterocycles. The molecular weight excluding hydrogens is 318 g/mol. The van der Waals surface area contributed by atoms with Crippen LogP contribution in [0.25, 0.3) is 0 Å². The Morgan fingerprint density at radius 2 is 1.92 bits per heavy atom. The number of rotatable bonds is 4. The van der Waals surface area contributed by atoms with Crippen LogP contribution in [0.1, 0.15) is 34.7 Å². The summed E-state index contributed by atoms with van der Waals surface area (Å²) in [6.45, 7) is 4.82. The Hall–Kier alpha value is -2.47. The van der Waals surface area contributed by atoms with Crippen molar-refractivity contribution in [1.82, 2.24) is 14.9 Å². The fourth-order valence-corrected chi connectivity index (χ4v) is 2.97. The summed E-state index contributed by atoms with van der Waals surface area (Å²) in [5, 5.41) is 10.7. The van der Waals surface area contributed by atoms with E-state index in [9.17, 15) is 9.90 Å². The molecule has 0 aliphatic carbocycles. The third-order valence-electron chi connectivity index (χ3n) is 4.56. The van der Waals surface area contributed by atoms with Gasteiger partial charge in [0, 0.05) is 19.3 Å². The molecule has 132 valence electrons. The number of para-hydroxylation sites is 1. The monoisotopic (exact) mass is 341 g/mol. The quantitative estimate of drug-likeness (QED) is 0.922. The van der Waals surface area contributed by atoms with Crippen LogP contribution in [0.4, 0.5) is 0 Å². The molecular formula is C19H23N3O3. The van der Waals surface area contributed by atoms with Crippen LogP contribution in [0, 0.1) is 13.8 Å². The molecule has 1 aliphatic rings. The first-order chi connectivity index (χ1) is 12.0. The molecule has 2 aromatic rings. The molecule has 1 saturated heterocycles. The standard InChI is InChI=1S/C19H23N3O3/c1-14-17(12-20-15(2)21-14)18(23)22-10-8-19(24,9-11-22)13-25-16-6-4-3-5-7-16/h3-7,12,24H,8-11,13H2,1-2H3. The summed E-state index contributed by atoms with van der Waals surface area (Å²) in [7, 11) is 0. The molecule has 0 spiro atoms. The van der Waals surface area contributed by atoms with Gasteiger partial charge in [0.25, 0.3) is 5.91 Å². The van der Waals surface area contributed by atoms with Crippen molar-refractivity contribution in [3.63, 3.8) is 0 Å². The summed E-state index contributed by atoms with van der Waals surface area (Å²) >= 11 is 0. The number of carbonyl (C=O) groups is 1. The maximum absolute atomic E-state index is 12.7. The molecule has 1 amide bonds. The molecule has 25 heavy (non-hydrogen) atoms. The Morgan fingerprint density at radius 3 is 2.56 bits per heavy atom. The molecule has 1 N–H and O–H groups in total. The average molecular weight is 341 g/mol. The smallest absolute Gasteiger partial charge is 0.257 e. The van der Waals surface area contributed by atoms with Gasteiger partial charge >= 0.3 is 0 Å². The van der Waals surface area contributed by atoms with Crippen LogP contribution in [-0.2, 0) is 0 Å². The van der Waals surface area contributed by atoms with Crippen LogP contribution in [0.2, 0.25) is 0 Å². The van der Waals surface area contributed by atoms with Crippen LogP contribution < -0.4 is 4.74 Å². The normalized spacial score (nSPS) is 16.5. The fourth-order valence-electron chi connectivity index (χ4n) is 2.97. The molecule has 0 saturated carbocycles. The highest BCUT2D eigenvalue weighted by atomic mass is 16.5. The van der Waals surface area contributed by atoms with Crippen LogP contribution in [0.15, 0.2) is 36.5 Å². The van der Waals surface area contributed by atoms with Crippen molar-refractivity contribution in [2.45, 2.75) is 32.3 Å². The Kier molecular flexibility index (Phi) is 4.99. The molecule has 6 heteroatoms. The van der Waals surface area contributed by atoms with E-state index in [0.717, 1.165) is 5.75 Å². The maximum Gasteiger partial charge on any atom is 0.257 e. The zero-order valence-electron chi connectivity index (χ0n) is 14.6. The molecule has 2 heterocycles. The van der Waals surface area contributed by atoms with Crippen LogP contribution in [0.3, 0.4) is 0 Å². The first kappa shape index (κ1) is 17.4. The van der Waals surface area contributed by atoms with Crippen molar-refractivity contribution < 1.29 is 14.6 Å². The minimum atomic E-state index is -0.911. The van der Waals surface area contributed by atoms with Gasteiger partial charge in [-0.2, -0.15) is 0 Å². The Labute approximate surface area is 147 Å². The number of hydrogen-bond acceptors (Lipinski definition) is 5. The van der Waals surface area contributed by atoms with Gasteiger partial charge in [0.1, 0.15) is 23.8 Å². The number of amides is 1. The van der Waals surface area contributed by atoms with Gasteiger partial charge in [0.05, 0.1) is 11.3 Å². The summed E-state index contributed by atoms with van der Waals surface area (Å²) in [6, 6.07) is 9.44. The Morgan fingerprint density at radius 1 is 1.24 bits per heavy atom. The van der Waals surface area contributed by atoms with Crippen molar-refractivity contribution in [3.8, 4) is 5.75 Å². The highest BCUT2D eigenvalue weighted by Crippen LogP contribution is 2.25. The first-order valence-corrected chi connectivity index (χ1v) is 8.47. The molecule has 3 rings (SSSR count). The van der Waals surface area contributed by atoms with Gasteiger partial charge in [-0.15, -0.1) is 0 Å². The van der Waals surface area contributed by atoms with E-state index in [0.29, 0.717) is 43.0 Å². The number of aliphatic hydroxyl groups is 1. The molecule has 1 aromatic heterocycles. The number of aryl methyl sites for hydroxylation is 2. The first-order valence-electron chi connectivity index (χ1n) is 8.47. The van der Waals surface area contributed by atoms with E-state index in [1.54, 1.807) is 18.0 Å². The second kappa shape index (κ2) is 7.19. The van der Waals surface area contributed by atoms with E-state index in [2.05, 4.69) is 9.97 Å². The van der Waals surface area contributed by atoms with E-state index < -0.39 is 5.60 Å². The van der Waals surface area contributed by atoms with Gasteiger partial charge in [-0.1, -0.05) is 18.2 Å². The molecule has 1 fully saturated rings. The lowest BCUT2D eigenvalue weighted by Crippen LogP contribution is -2.49. The SMILES string of the molecule is Cc1ncc(C(=O)N2CCC(O)(COc3ccccc3)CC2)c(C)n1. The summed E-state index contributed by atoms with van der Waals surface area (Å²) in [5.74, 6) is 1.31. The van der Waals surface area contributed by atoms with Gasteiger partial charge in [-0.05, 0) is 38.8 Å². The van der Waals surface area contributed by atoms with Crippen molar-refractivity contribution >= 4 is 5.91 Å². The minimum Gasteiger partial charge on any atom is -0.491 e. The lowest BCUT2D eigenvalue weighted by molar-refractivity contribution is -0.0475. The van der Waals surface area contributed by atoms with E-state index >= 15 is 0 Å². The van der Waals surface area contributed by atoms with Gasteiger partial charge < -0.3 is 14.7 Å². The summed E-state index contributed by atoms with van der Waals surface area (Å²) in [5.41, 5.74) is 0.299. The Balaban J connectivity index is 1.58. The van der Waals surface area contributed by atoms with Crippen molar-refractivity contribution in [1.29, 1.82) is 0 Å². The third-order valence-corrected chi connectivity index (χ3v) is 4.56. The molecule has 0 bridgehead atoms. The predicted octanol–water partition coefficient (Wildman–Crippen LogP) is 2.14. The third kappa shape index (κ3) is 4.14. The number of likely N-dealkylation sites (tertiary alicyclic amines) is 1. The number of aromatic nitrogens is 2. The zero-order valence-corrected chi connectivity index (χ0v) is 14.6. The van der Waals surface area contributed by atoms with Crippen LogP contribution in [0.5, 0.6) is 5.75 Å². The zero-order chi connectivity index (χ0) is 17.9. The number of carbonyl (C=O) groups excluding carboxylic acids is 1. The summed E-state index contributed by atoms with van der Waals surface area (Å²) in [4.78, 5) is 22.8. The van der Waals surface area contributed by atoms with Crippen molar-refractivity contribution in [2.75, 3.05) is 19.7 Å². The van der Waals surface area contributed by atoms with E-state index in [-0.39, 0.29) is 12.5 Å². The van der Waals surface area contributed by atoms with Gasteiger partial charge in [0.2, 0.25) is 0 Å². The average Bonchev–Trinajstić information content (AvgIpc) is 2.61. The number of benzene rings is 1. The van der Waals surface area contributed by atoms with Crippen LogP contribution >= 0.6 is 0 Å². The Bertz CT molecular complexity index is 741. The fraction of sp³-hybridized carbons (Fsp3) is 0.421. The number of piperidine rings is 1. The minimum absolute atomic E-state index is 0.0801. The molecule has 0 atom stereocenters. The maximum atomic E-state index is 12.7. The van der Waals surface area contributed by atoms with Gasteiger partial charge in [-0.25, -0.2) is 9.97 Å². The highest BCUT2D eigenvalue weighted by molar-refractivity contribution is 5.95. The second-order valence-corrected chi connectivity index (χ2v) is 6.53. The molecule has 0 unspecified atom stereocenters. The molecule has 1 aromatic carbocycles. The molecule has 0 radical (unpaired) electrons. The lowest BCUT2D eigenvalue weighted by Gasteiger charge is -2.38. The predicted molar refractivity (Wildman–Crippen MR) is 93.5 cm³/mol.